The van der Waals surface area contributed by atoms with E-state index in [1.54, 1.807) is 18.5 Å². The van der Waals surface area contributed by atoms with Crippen LogP contribution in [0, 0.1) is 13.5 Å². The Morgan fingerprint density at radius 3 is 2.50 bits per heavy atom. The Kier molecular flexibility index (Phi) is 5.43. The van der Waals surface area contributed by atoms with Gasteiger partial charge in [0, 0.05) is 40.2 Å². The lowest BCUT2D eigenvalue weighted by atomic mass is 9.79. The van der Waals surface area contributed by atoms with Crippen molar-refractivity contribution in [2.45, 2.75) is 64.6 Å². The molecule has 1 aliphatic heterocycles. The second-order valence-corrected chi connectivity index (χ2v) is 9.96. The normalized spacial score (nSPS) is 18.4. The number of aromatic hydroxyl groups is 1. The number of hydrogen-bond acceptors (Lipinski definition) is 4. The number of hydrogen-bond donors (Lipinski definition) is 3. The van der Waals surface area contributed by atoms with Crippen molar-refractivity contribution in [3.8, 4) is 23.4 Å². The molecule has 0 spiro atoms. The summed E-state index contributed by atoms with van der Waals surface area (Å²) in [5.74, 6) is 0.107. The van der Waals surface area contributed by atoms with Crippen LogP contribution in [-0.2, 0) is 0 Å². The molecule has 3 aromatic rings. The molecule has 1 aromatic carbocycles. The van der Waals surface area contributed by atoms with Gasteiger partial charge in [-0.2, -0.15) is 10.2 Å². The number of nitrogens with zero attached hydrogens (tertiary/aromatic N) is 4. The average molecular weight is 432 g/mol. The van der Waals surface area contributed by atoms with Crippen LogP contribution in [0.3, 0.4) is 0 Å². The molecule has 0 unspecified atom stereocenters. The predicted molar refractivity (Wildman–Crippen MR) is 128 cm³/mol. The Balaban J connectivity index is 1.65. The third-order valence-electron chi connectivity index (χ3n) is 6.13. The maximum Gasteiger partial charge on any atom is 0.351 e. The van der Waals surface area contributed by atoms with Gasteiger partial charge >= 0.3 is 5.70 Å². The molecule has 166 valence electrons. The van der Waals surface area contributed by atoms with Crippen molar-refractivity contribution in [3.63, 3.8) is 0 Å². The van der Waals surface area contributed by atoms with E-state index in [2.05, 4.69) is 59.7 Å². The Bertz CT molecular complexity index is 1180. The van der Waals surface area contributed by atoms with E-state index in [9.17, 15) is 5.11 Å². The summed E-state index contributed by atoms with van der Waals surface area (Å²) in [6.45, 7) is 16.7. The van der Waals surface area contributed by atoms with Crippen LogP contribution in [0.1, 0.15) is 63.4 Å². The largest absolute Gasteiger partial charge is 0.507 e. The van der Waals surface area contributed by atoms with E-state index in [-0.39, 0.29) is 16.8 Å². The van der Waals surface area contributed by atoms with E-state index < -0.39 is 0 Å². The van der Waals surface area contributed by atoms with Gasteiger partial charge in [0.1, 0.15) is 11.3 Å². The molecule has 0 amide bonds. The molecule has 0 atom stereocenters. The molecule has 0 saturated carbocycles. The molecule has 3 N–H and O–H groups in total. The summed E-state index contributed by atoms with van der Waals surface area (Å²) < 4.78 is 2.12. The zero-order valence-corrected chi connectivity index (χ0v) is 19.3. The highest BCUT2D eigenvalue weighted by Crippen LogP contribution is 2.37. The maximum absolute atomic E-state index is 10.6. The first-order valence-corrected chi connectivity index (χ1v) is 10.9. The molecule has 4 rings (SSSR count). The summed E-state index contributed by atoms with van der Waals surface area (Å²) in [5.41, 5.74) is 4.86. The third kappa shape index (κ3) is 4.32. The van der Waals surface area contributed by atoms with Gasteiger partial charge in [-0.15, -0.1) is 0 Å². The molecule has 32 heavy (non-hydrogen) atoms. The number of benzene rings is 1. The van der Waals surface area contributed by atoms with Crippen LogP contribution in [0.4, 0.5) is 0 Å². The molecule has 1 saturated heterocycles. The molecule has 2 aromatic heterocycles. The SMILES string of the molecule is C#[N+]/C(=C\c1cnn(C2CC(C)(C)NC(C)(C)C2)c1C)c1ccc(-c2cn[nH]c2)cc1O. The Morgan fingerprint density at radius 2 is 1.91 bits per heavy atom. The van der Waals surface area contributed by atoms with Crippen LogP contribution in [0.15, 0.2) is 36.8 Å². The van der Waals surface area contributed by atoms with Crippen molar-refractivity contribution >= 4 is 11.8 Å². The van der Waals surface area contributed by atoms with E-state index >= 15 is 0 Å². The van der Waals surface area contributed by atoms with E-state index in [4.69, 9.17) is 11.7 Å². The fourth-order valence-electron chi connectivity index (χ4n) is 5.06. The molecule has 3 heterocycles. The van der Waals surface area contributed by atoms with Crippen LogP contribution in [0.25, 0.3) is 27.7 Å². The van der Waals surface area contributed by atoms with Gasteiger partial charge in [0.2, 0.25) is 0 Å². The van der Waals surface area contributed by atoms with E-state index in [0.717, 1.165) is 35.2 Å². The molecular weight excluding hydrogens is 400 g/mol. The molecule has 1 fully saturated rings. The molecule has 0 aliphatic carbocycles. The number of phenolic OH excluding ortho intramolecular Hbond substituents is 1. The van der Waals surface area contributed by atoms with Crippen LogP contribution >= 0.6 is 0 Å². The van der Waals surface area contributed by atoms with Gasteiger partial charge in [0.25, 0.3) is 6.57 Å². The van der Waals surface area contributed by atoms with E-state index in [0.29, 0.717) is 17.3 Å². The van der Waals surface area contributed by atoms with Crippen molar-refractivity contribution in [1.82, 2.24) is 25.3 Å². The van der Waals surface area contributed by atoms with Crippen LogP contribution < -0.4 is 5.32 Å². The fourth-order valence-corrected chi connectivity index (χ4v) is 5.06. The standard InChI is InChI=1S/C25H30N6O/c1-16-18(15-29-31(16)20-11-24(2,3)30-25(4,5)12-20)9-22(26-6)21-8-7-17(10-23(21)32)19-13-27-28-14-19/h6-10,13-15,20,30H,11-12H2,1-5H3,(H-,27,28,32)/p+1/b22-9-. The van der Waals surface area contributed by atoms with Crippen molar-refractivity contribution in [2.75, 3.05) is 0 Å². The van der Waals surface area contributed by atoms with Gasteiger partial charge in [-0.3, -0.25) is 9.78 Å². The molecule has 0 bridgehead atoms. The summed E-state index contributed by atoms with van der Waals surface area (Å²) in [4.78, 5) is 3.95. The molecular formula is C25H31N6O+. The lowest BCUT2D eigenvalue weighted by Crippen LogP contribution is -2.58. The van der Waals surface area contributed by atoms with Crippen LogP contribution in [-0.4, -0.2) is 36.2 Å². The number of piperidine rings is 1. The number of aromatic nitrogens is 4. The zero-order chi connectivity index (χ0) is 23.1. The second-order valence-electron chi connectivity index (χ2n) is 9.96. The summed E-state index contributed by atoms with van der Waals surface area (Å²) in [6, 6.07) is 5.71. The lowest BCUT2D eigenvalue weighted by Gasteiger charge is -2.46. The first-order valence-electron chi connectivity index (χ1n) is 10.9. The molecule has 1 aliphatic rings. The number of H-pyrrole nitrogens is 1. The highest BCUT2D eigenvalue weighted by molar-refractivity contribution is 5.88. The van der Waals surface area contributed by atoms with Gasteiger partial charge in [0.15, 0.2) is 0 Å². The second kappa shape index (κ2) is 7.95. The number of nitrogens with one attached hydrogen (secondary N) is 2. The highest BCUT2D eigenvalue weighted by Gasteiger charge is 2.39. The summed E-state index contributed by atoms with van der Waals surface area (Å²) in [6.07, 6.45) is 9.19. The Hall–Kier alpha value is -3.37. The lowest BCUT2D eigenvalue weighted by molar-refractivity contribution is 0.125. The van der Waals surface area contributed by atoms with Crippen molar-refractivity contribution in [1.29, 1.82) is 0 Å². The number of aromatic amines is 1. The Labute approximate surface area is 189 Å². The van der Waals surface area contributed by atoms with Crippen LogP contribution in [0.5, 0.6) is 5.75 Å². The molecule has 0 radical (unpaired) electrons. The van der Waals surface area contributed by atoms with Crippen molar-refractivity contribution in [3.05, 3.63) is 58.5 Å². The Morgan fingerprint density at radius 1 is 1.19 bits per heavy atom. The van der Waals surface area contributed by atoms with Gasteiger partial charge < -0.3 is 10.4 Å². The minimum absolute atomic E-state index is 0.0289. The first-order chi connectivity index (χ1) is 15.1. The average Bonchev–Trinajstić information content (AvgIpc) is 3.34. The van der Waals surface area contributed by atoms with Crippen molar-refractivity contribution < 1.29 is 5.11 Å². The van der Waals surface area contributed by atoms with Crippen LogP contribution in [0.2, 0.25) is 0 Å². The highest BCUT2D eigenvalue weighted by atomic mass is 16.3. The quantitative estimate of drug-likeness (QED) is 0.528. The van der Waals surface area contributed by atoms with Gasteiger partial charge in [0.05, 0.1) is 18.4 Å². The predicted octanol–water partition coefficient (Wildman–Crippen LogP) is 5.23. The first kappa shape index (κ1) is 21.8. The summed E-state index contributed by atoms with van der Waals surface area (Å²) in [7, 11) is 0. The molecule has 7 nitrogen and oxygen atoms in total. The number of rotatable bonds is 4. The van der Waals surface area contributed by atoms with Gasteiger partial charge in [-0.1, -0.05) is 6.07 Å². The maximum atomic E-state index is 10.6. The monoisotopic (exact) mass is 431 g/mol. The smallest absolute Gasteiger partial charge is 0.351 e. The summed E-state index contributed by atoms with van der Waals surface area (Å²) in [5, 5.41) is 25.8. The fraction of sp³-hybridized carbons (Fsp3) is 0.400. The topological polar surface area (TPSA) is 83.1 Å². The summed E-state index contributed by atoms with van der Waals surface area (Å²) >= 11 is 0. The minimum atomic E-state index is 0.0289. The minimum Gasteiger partial charge on any atom is -0.507 e. The van der Waals surface area contributed by atoms with E-state index in [1.807, 2.05) is 24.4 Å². The molecule has 7 heteroatoms. The van der Waals surface area contributed by atoms with Crippen molar-refractivity contribution in [2.24, 2.45) is 0 Å². The third-order valence-corrected chi connectivity index (χ3v) is 6.13. The van der Waals surface area contributed by atoms with Gasteiger partial charge in [-0.25, -0.2) is 0 Å². The van der Waals surface area contributed by atoms with E-state index in [1.165, 1.54) is 0 Å². The van der Waals surface area contributed by atoms with Gasteiger partial charge in [-0.05, 0) is 70.0 Å². The number of phenols is 1. The zero-order valence-electron chi connectivity index (χ0n) is 19.3.